The minimum absolute atomic E-state index is 0.00545. The van der Waals surface area contributed by atoms with Gasteiger partial charge in [-0.15, -0.1) is 0 Å². The van der Waals surface area contributed by atoms with E-state index in [-0.39, 0.29) is 30.4 Å². The van der Waals surface area contributed by atoms with Crippen LogP contribution in [0.2, 0.25) is 0 Å². The van der Waals surface area contributed by atoms with E-state index >= 15 is 0 Å². The van der Waals surface area contributed by atoms with E-state index in [0.717, 1.165) is 59.3 Å². The normalized spacial score (nSPS) is 16.8. The zero-order chi connectivity index (χ0) is 31.6. The first-order chi connectivity index (χ1) is 21.9. The molecule has 4 aromatic carbocycles. The van der Waals surface area contributed by atoms with Crippen LogP contribution in [0.25, 0.3) is 0 Å². The highest BCUT2D eigenvalue weighted by atomic mass is 16.3. The van der Waals surface area contributed by atoms with Gasteiger partial charge in [-0.05, 0) is 65.3 Å². The summed E-state index contributed by atoms with van der Waals surface area (Å²) in [4.78, 5) is 30.9. The molecular weight excluding hydrogens is 560 g/mol. The molecular formula is C38H44N4O3. The number of carbonyl (C=O) groups is 2. The molecule has 234 valence electrons. The highest BCUT2D eigenvalue weighted by Gasteiger charge is 2.33. The Balaban J connectivity index is 1.31. The molecule has 4 aromatic rings. The van der Waals surface area contributed by atoms with E-state index in [0.29, 0.717) is 13.1 Å². The van der Waals surface area contributed by atoms with Crippen molar-refractivity contribution in [2.75, 3.05) is 30.5 Å². The molecule has 7 nitrogen and oxygen atoms in total. The minimum Gasteiger partial charge on any atom is -0.394 e. The highest BCUT2D eigenvalue weighted by Crippen LogP contribution is 2.38. The number of amides is 3. The van der Waals surface area contributed by atoms with Crippen molar-refractivity contribution in [2.24, 2.45) is 5.92 Å². The van der Waals surface area contributed by atoms with Crippen molar-refractivity contribution in [1.29, 1.82) is 0 Å². The summed E-state index contributed by atoms with van der Waals surface area (Å²) in [5.41, 5.74) is 5.96. The van der Waals surface area contributed by atoms with Crippen LogP contribution in [0.1, 0.15) is 59.9 Å². The van der Waals surface area contributed by atoms with E-state index in [1.165, 1.54) is 0 Å². The van der Waals surface area contributed by atoms with Gasteiger partial charge in [0.15, 0.2) is 0 Å². The van der Waals surface area contributed by atoms with Gasteiger partial charge in [-0.1, -0.05) is 97.8 Å². The fourth-order valence-corrected chi connectivity index (χ4v) is 6.18. The Hall–Kier alpha value is -4.62. The summed E-state index contributed by atoms with van der Waals surface area (Å²) < 4.78 is 0. The van der Waals surface area contributed by atoms with Crippen molar-refractivity contribution in [3.8, 4) is 0 Å². The van der Waals surface area contributed by atoms with E-state index in [1.54, 1.807) is 4.90 Å². The quantitative estimate of drug-likeness (QED) is 0.176. The standard InChI is InChI=1S/C38H44N4O3/c1-41(2)32-21-23-33(24-22-32)42(38(45)39-25-28-11-5-3-6-12-28)26-29-17-19-30(20-18-29)34-15-9-10-16-35(34)37(44)40-36(27-43)31-13-7-4-8-14-31/h3-8,11-14,17-24,34-36,43H,9-10,15-16,25-27H2,1-2H3,(H,39,45)(H,40,44). The minimum atomic E-state index is -0.422. The van der Waals surface area contributed by atoms with Crippen LogP contribution in [0.3, 0.4) is 0 Å². The van der Waals surface area contributed by atoms with Crippen molar-refractivity contribution in [2.45, 2.75) is 50.7 Å². The summed E-state index contributed by atoms with van der Waals surface area (Å²) in [6.45, 7) is 0.707. The summed E-state index contributed by atoms with van der Waals surface area (Å²) in [6, 6.07) is 35.3. The molecule has 0 radical (unpaired) electrons. The molecule has 1 aliphatic carbocycles. The maximum atomic E-state index is 13.5. The summed E-state index contributed by atoms with van der Waals surface area (Å²) in [7, 11) is 3.99. The highest BCUT2D eigenvalue weighted by molar-refractivity contribution is 5.92. The zero-order valence-corrected chi connectivity index (χ0v) is 26.2. The SMILES string of the molecule is CN(C)c1ccc(N(Cc2ccc(C3CCCCC3C(=O)NC(CO)c3ccccc3)cc2)C(=O)NCc2ccccc2)cc1. The van der Waals surface area contributed by atoms with E-state index in [4.69, 9.17) is 0 Å². The Kier molecular flexibility index (Phi) is 10.9. The third-order valence-electron chi connectivity index (χ3n) is 8.76. The number of aliphatic hydroxyl groups is 1. The smallest absolute Gasteiger partial charge is 0.322 e. The van der Waals surface area contributed by atoms with Gasteiger partial charge in [-0.25, -0.2) is 4.79 Å². The van der Waals surface area contributed by atoms with Gasteiger partial charge >= 0.3 is 6.03 Å². The molecule has 45 heavy (non-hydrogen) atoms. The fourth-order valence-electron chi connectivity index (χ4n) is 6.18. The molecule has 5 rings (SSSR count). The van der Waals surface area contributed by atoms with E-state index in [2.05, 4.69) is 34.9 Å². The zero-order valence-electron chi connectivity index (χ0n) is 26.2. The van der Waals surface area contributed by atoms with Crippen LogP contribution in [0.5, 0.6) is 0 Å². The number of anilines is 2. The Morgan fingerprint density at radius 2 is 1.40 bits per heavy atom. The number of hydrogen-bond acceptors (Lipinski definition) is 4. The van der Waals surface area contributed by atoms with Gasteiger partial charge in [-0.3, -0.25) is 9.69 Å². The lowest BCUT2D eigenvalue weighted by atomic mass is 9.74. The molecule has 1 fully saturated rings. The number of carbonyl (C=O) groups excluding carboxylic acids is 2. The average Bonchev–Trinajstić information content (AvgIpc) is 3.09. The number of nitrogens with zero attached hydrogens (tertiary/aromatic N) is 2. The Morgan fingerprint density at radius 3 is 2.04 bits per heavy atom. The van der Waals surface area contributed by atoms with Crippen molar-refractivity contribution in [3.05, 3.63) is 131 Å². The molecule has 1 saturated carbocycles. The second-order valence-corrected chi connectivity index (χ2v) is 12.0. The third-order valence-corrected chi connectivity index (χ3v) is 8.76. The molecule has 0 spiro atoms. The van der Waals surface area contributed by atoms with Crippen LogP contribution in [0.15, 0.2) is 109 Å². The lowest BCUT2D eigenvalue weighted by Gasteiger charge is -2.32. The Labute approximate surface area is 266 Å². The molecule has 3 atom stereocenters. The number of urea groups is 1. The molecule has 1 aliphatic rings. The van der Waals surface area contributed by atoms with Crippen molar-refractivity contribution in [3.63, 3.8) is 0 Å². The lowest BCUT2D eigenvalue weighted by Crippen LogP contribution is -2.39. The summed E-state index contributed by atoms with van der Waals surface area (Å²) in [5, 5.41) is 16.2. The van der Waals surface area contributed by atoms with Crippen LogP contribution >= 0.6 is 0 Å². The van der Waals surface area contributed by atoms with Gasteiger partial charge in [0.05, 0.1) is 19.2 Å². The lowest BCUT2D eigenvalue weighted by molar-refractivity contribution is -0.127. The van der Waals surface area contributed by atoms with Crippen LogP contribution in [0.4, 0.5) is 16.2 Å². The first-order valence-corrected chi connectivity index (χ1v) is 15.8. The van der Waals surface area contributed by atoms with Gasteiger partial charge < -0.3 is 20.6 Å². The second kappa shape index (κ2) is 15.4. The molecule has 0 aliphatic heterocycles. The van der Waals surface area contributed by atoms with Crippen LogP contribution < -0.4 is 20.4 Å². The molecule has 3 N–H and O–H groups in total. The molecule has 0 aromatic heterocycles. The van der Waals surface area contributed by atoms with Gasteiger partial charge in [0.2, 0.25) is 5.91 Å². The van der Waals surface area contributed by atoms with E-state index in [9.17, 15) is 14.7 Å². The van der Waals surface area contributed by atoms with Gasteiger partial charge in [-0.2, -0.15) is 0 Å². The number of benzene rings is 4. The van der Waals surface area contributed by atoms with Crippen molar-refractivity contribution in [1.82, 2.24) is 10.6 Å². The summed E-state index contributed by atoms with van der Waals surface area (Å²) >= 11 is 0. The maximum Gasteiger partial charge on any atom is 0.322 e. The Morgan fingerprint density at radius 1 is 0.778 bits per heavy atom. The van der Waals surface area contributed by atoms with Crippen LogP contribution in [-0.2, 0) is 17.9 Å². The average molecular weight is 605 g/mol. The monoisotopic (exact) mass is 604 g/mol. The Bertz CT molecular complexity index is 1510. The first-order valence-electron chi connectivity index (χ1n) is 15.8. The largest absolute Gasteiger partial charge is 0.394 e. The summed E-state index contributed by atoms with van der Waals surface area (Å²) in [6.07, 6.45) is 3.86. The second-order valence-electron chi connectivity index (χ2n) is 12.0. The van der Waals surface area contributed by atoms with Gasteiger partial charge in [0, 0.05) is 37.9 Å². The van der Waals surface area contributed by atoms with Crippen molar-refractivity contribution < 1.29 is 14.7 Å². The van der Waals surface area contributed by atoms with E-state index in [1.807, 2.05) is 104 Å². The van der Waals surface area contributed by atoms with Crippen LogP contribution in [0, 0.1) is 5.92 Å². The number of nitrogens with one attached hydrogen (secondary N) is 2. The molecule has 0 heterocycles. The van der Waals surface area contributed by atoms with Crippen molar-refractivity contribution >= 4 is 23.3 Å². The third kappa shape index (κ3) is 8.31. The molecule has 7 heteroatoms. The molecule has 3 unspecified atom stereocenters. The number of hydrogen-bond donors (Lipinski definition) is 3. The maximum absolute atomic E-state index is 13.5. The van der Waals surface area contributed by atoms with Crippen LogP contribution in [-0.4, -0.2) is 37.7 Å². The van der Waals surface area contributed by atoms with E-state index < -0.39 is 6.04 Å². The summed E-state index contributed by atoms with van der Waals surface area (Å²) in [5.74, 6) is -0.0567. The topological polar surface area (TPSA) is 84.9 Å². The predicted octanol–water partition coefficient (Wildman–Crippen LogP) is 6.79. The molecule has 3 amide bonds. The fraction of sp³-hybridized carbons (Fsp3) is 0.316. The molecule has 0 bridgehead atoms. The number of aliphatic hydroxyl groups excluding tert-OH is 1. The molecule has 0 saturated heterocycles. The van der Waals surface area contributed by atoms with Gasteiger partial charge in [0.25, 0.3) is 0 Å². The first kappa shape index (κ1) is 31.8. The predicted molar refractivity (Wildman–Crippen MR) is 181 cm³/mol. The number of rotatable bonds is 11. The van der Waals surface area contributed by atoms with Gasteiger partial charge in [0.1, 0.15) is 0 Å².